The molecule has 1 aliphatic rings. The summed E-state index contributed by atoms with van der Waals surface area (Å²) in [5.41, 5.74) is 0.806. The van der Waals surface area contributed by atoms with E-state index in [1.54, 1.807) is 17.0 Å². The minimum atomic E-state index is -0.161. The number of piperazine rings is 1. The number of rotatable bonds is 4. The van der Waals surface area contributed by atoms with E-state index in [0.29, 0.717) is 18.8 Å². The van der Waals surface area contributed by atoms with Crippen LogP contribution < -0.4 is 10.2 Å². The lowest BCUT2D eigenvalue weighted by atomic mass is 10.2. The lowest BCUT2D eigenvalue weighted by molar-refractivity contribution is -0.917. The van der Waals surface area contributed by atoms with Crippen LogP contribution in [0.15, 0.2) is 53.1 Å². The molecule has 1 aromatic heterocycles. The lowest BCUT2D eigenvalue weighted by Crippen LogP contribution is -3.19. The van der Waals surface area contributed by atoms with Crippen LogP contribution in [-0.4, -0.2) is 48.9 Å². The van der Waals surface area contributed by atoms with Gasteiger partial charge in [-0.15, -0.1) is 0 Å². The van der Waals surface area contributed by atoms with Gasteiger partial charge < -0.3 is 19.5 Å². The molecule has 3 rings (SSSR count). The van der Waals surface area contributed by atoms with Gasteiger partial charge in [0.15, 0.2) is 11.8 Å². The fraction of sp³-hybridized carbons (Fsp3) is 0.333. The molecular weight excluding hydrogens is 306 g/mol. The molecule has 1 aliphatic heterocycles. The summed E-state index contributed by atoms with van der Waals surface area (Å²) in [6.45, 7) is 4.67. The van der Waals surface area contributed by atoms with Gasteiger partial charge in [-0.3, -0.25) is 9.59 Å². The van der Waals surface area contributed by atoms with Crippen molar-refractivity contribution < 1.29 is 18.9 Å². The van der Waals surface area contributed by atoms with Crippen LogP contribution >= 0.6 is 0 Å². The van der Waals surface area contributed by atoms with Crippen molar-refractivity contribution in [3.8, 4) is 0 Å². The number of nitrogens with zero attached hydrogens (tertiary/aromatic N) is 1. The van der Waals surface area contributed by atoms with Gasteiger partial charge in [-0.2, -0.15) is 0 Å². The maximum absolute atomic E-state index is 12.4. The zero-order valence-electron chi connectivity index (χ0n) is 13.7. The molecular formula is C18H22N3O3+. The number of anilines is 1. The van der Waals surface area contributed by atoms with E-state index in [0.717, 1.165) is 18.8 Å². The van der Waals surface area contributed by atoms with Crippen molar-refractivity contribution in [3.05, 3.63) is 54.5 Å². The van der Waals surface area contributed by atoms with Gasteiger partial charge in [0.2, 0.25) is 0 Å². The third kappa shape index (κ3) is 3.65. The Labute approximate surface area is 141 Å². The van der Waals surface area contributed by atoms with Crippen molar-refractivity contribution in [1.82, 2.24) is 4.90 Å². The molecule has 6 heteroatoms. The van der Waals surface area contributed by atoms with Gasteiger partial charge >= 0.3 is 0 Å². The summed E-state index contributed by atoms with van der Waals surface area (Å²) in [4.78, 5) is 27.6. The maximum Gasteiger partial charge on any atom is 0.289 e. The highest BCUT2D eigenvalue weighted by Crippen LogP contribution is 2.07. The topological polar surface area (TPSA) is 67.0 Å². The normalized spacial score (nSPS) is 16.6. The number of hydrogen-bond acceptors (Lipinski definition) is 3. The number of hydrogen-bond donors (Lipinski definition) is 2. The van der Waals surface area contributed by atoms with E-state index in [-0.39, 0.29) is 17.9 Å². The smallest absolute Gasteiger partial charge is 0.289 e. The molecule has 126 valence electrons. The molecule has 0 aliphatic carbocycles. The standard InChI is InChI=1S/C18H21N3O3/c1-14(17(22)19-15-6-3-2-4-7-15)20-9-11-21(12-10-20)18(23)16-8-5-13-24-16/h2-8,13-14H,9-12H2,1H3,(H,19,22)/p+1/t14-/m0/s1. The monoisotopic (exact) mass is 328 g/mol. The van der Waals surface area contributed by atoms with Gasteiger partial charge in [-0.25, -0.2) is 0 Å². The Hall–Kier alpha value is -2.60. The minimum Gasteiger partial charge on any atom is -0.459 e. The van der Waals surface area contributed by atoms with Gasteiger partial charge in [0.05, 0.1) is 32.4 Å². The van der Waals surface area contributed by atoms with Crippen molar-refractivity contribution in [1.29, 1.82) is 0 Å². The Balaban J connectivity index is 1.52. The van der Waals surface area contributed by atoms with Gasteiger partial charge in [0, 0.05) is 5.69 Å². The molecule has 0 spiro atoms. The minimum absolute atomic E-state index is 0.00186. The second-order valence-corrected chi connectivity index (χ2v) is 6.00. The Morgan fingerprint density at radius 1 is 1.12 bits per heavy atom. The first kappa shape index (κ1) is 16.3. The third-order valence-electron chi connectivity index (χ3n) is 4.47. The van der Waals surface area contributed by atoms with Gasteiger partial charge in [-0.05, 0) is 31.2 Å². The molecule has 2 heterocycles. The number of para-hydroxylation sites is 1. The highest BCUT2D eigenvalue weighted by atomic mass is 16.3. The van der Waals surface area contributed by atoms with Gasteiger partial charge in [-0.1, -0.05) is 18.2 Å². The molecule has 1 fully saturated rings. The molecule has 1 aromatic carbocycles. The summed E-state index contributed by atoms with van der Waals surface area (Å²) in [5.74, 6) is 0.288. The van der Waals surface area contributed by atoms with E-state index in [1.807, 2.05) is 37.3 Å². The summed E-state index contributed by atoms with van der Waals surface area (Å²) >= 11 is 0. The van der Waals surface area contributed by atoms with E-state index in [9.17, 15) is 9.59 Å². The number of furan rings is 1. The first-order chi connectivity index (χ1) is 11.6. The van der Waals surface area contributed by atoms with E-state index in [4.69, 9.17) is 4.42 Å². The molecule has 6 nitrogen and oxygen atoms in total. The van der Waals surface area contributed by atoms with Crippen molar-refractivity contribution in [2.24, 2.45) is 0 Å². The van der Waals surface area contributed by atoms with E-state index >= 15 is 0 Å². The number of quaternary nitrogens is 1. The van der Waals surface area contributed by atoms with E-state index in [2.05, 4.69) is 5.32 Å². The molecule has 0 saturated carbocycles. The fourth-order valence-corrected chi connectivity index (χ4v) is 2.94. The molecule has 0 unspecified atom stereocenters. The summed E-state index contributed by atoms with van der Waals surface area (Å²) in [5, 5.41) is 2.94. The average Bonchev–Trinajstić information content (AvgIpc) is 3.16. The highest BCUT2D eigenvalue weighted by molar-refractivity contribution is 5.93. The summed E-state index contributed by atoms with van der Waals surface area (Å²) in [6.07, 6.45) is 1.50. The van der Waals surface area contributed by atoms with Gasteiger partial charge in [0.1, 0.15) is 0 Å². The van der Waals surface area contributed by atoms with Crippen LogP contribution in [0.1, 0.15) is 17.5 Å². The quantitative estimate of drug-likeness (QED) is 0.866. The zero-order valence-corrected chi connectivity index (χ0v) is 13.7. The van der Waals surface area contributed by atoms with Crippen molar-refractivity contribution in [3.63, 3.8) is 0 Å². The number of nitrogens with one attached hydrogen (secondary N) is 2. The number of amides is 2. The maximum atomic E-state index is 12.4. The average molecular weight is 328 g/mol. The summed E-state index contributed by atoms with van der Waals surface area (Å²) in [7, 11) is 0. The Kier molecular flexibility index (Phi) is 4.96. The molecule has 2 aromatic rings. The van der Waals surface area contributed by atoms with Crippen LogP contribution in [0.25, 0.3) is 0 Å². The van der Waals surface area contributed by atoms with Crippen LogP contribution in [0.2, 0.25) is 0 Å². The van der Waals surface area contributed by atoms with Crippen molar-refractivity contribution in [2.45, 2.75) is 13.0 Å². The molecule has 0 radical (unpaired) electrons. The highest BCUT2D eigenvalue weighted by Gasteiger charge is 2.31. The van der Waals surface area contributed by atoms with E-state index < -0.39 is 0 Å². The van der Waals surface area contributed by atoms with Crippen LogP contribution in [0.5, 0.6) is 0 Å². The number of benzene rings is 1. The molecule has 1 atom stereocenters. The predicted molar refractivity (Wildman–Crippen MR) is 89.8 cm³/mol. The van der Waals surface area contributed by atoms with E-state index in [1.165, 1.54) is 11.2 Å². The molecule has 2 amide bonds. The van der Waals surface area contributed by atoms with Gasteiger partial charge in [0.25, 0.3) is 11.8 Å². The van der Waals surface area contributed by atoms with Crippen LogP contribution in [-0.2, 0) is 4.79 Å². The molecule has 1 saturated heterocycles. The lowest BCUT2D eigenvalue weighted by Gasteiger charge is -2.34. The molecule has 24 heavy (non-hydrogen) atoms. The molecule has 0 bridgehead atoms. The first-order valence-electron chi connectivity index (χ1n) is 8.18. The van der Waals surface area contributed by atoms with Crippen molar-refractivity contribution >= 4 is 17.5 Å². The second kappa shape index (κ2) is 7.31. The summed E-state index contributed by atoms with van der Waals surface area (Å²) in [6, 6.07) is 12.7. The second-order valence-electron chi connectivity index (χ2n) is 6.00. The predicted octanol–water partition coefficient (Wildman–Crippen LogP) is 0.648. The van der Waals surface area contributed by atoms with Crippen LogP contribution in [0, 0.1) is 0 Å². The third-order valence-corrected chi connectivity index (χ3v) is 4.47. The number of carbonyl (C=O) groups excluding carboxylic acids is 2. The number of carbonyl (C=O) groups is 2. The Morgan fingerprint density at radius 2 is 1.83 bits per heavy atom. The van der Waals surface area contributed by atoms with Crippen LogP contribution in [0.4, 0.5) is 5.69 Å². The summed E-state index contributed by atoms with van der Waals surface area (Å²) < 4.78 is 5.17. The SMILES string of the molecule is C[C@@H](C(=O)Nc1ccccc1)[NH+]1CCN(C(=O)c2ccco2)CC1. The van der Waals surface area contributed by atoms with Crippen LogP contribution in [0.3, 0.4) is 0 Å². The first-order valence-corrected chi connectivity index (χ1v) is 8.18. The molecule has 2 N–H and O–H groups in total. The Bertz CT molecular complexity index is 677. The Morgan fingerprint density at radius 3 is 2.46 bits per heavy atom. The largest absolute Gasteiger partial charge is 0.459 e. The zero-order chi connectivity index (χ0) is 16.9. The fourth-order valence-electron chi connectivity index (χ4n) is 2.94. The van der Waals surface area contributed by atoms with Crippen molar-refractivity contribution in [2.75, 3.05) is 31.5 Å².